The lowest BCUT2D eigenvalue weighted by Gasteiger charge is -1.95. The van der Waals surface area contributed by atoms with Crippen LogP contribution in [0.3, 0.4) is 0 Å². The Hall–Kier alpha value is -2.09. The Morgan fingerprint density at radius 1 is 1.00 bits per heavy atom. The molecule has 2 heteroatoms. The first-order valence-electron chi connectivity index (χ1n) is 5.26. The second kappa shape index (κ2) is 3.49. The predicted octanol–water partition coefficient (Wildman–Crippen LogP) is 3.80. The SMILES string of the molecule is Cc1ccc2c(-c3ccccc3)onc2c1. The largest absolute Gasteiger partial charge is 0.355 e. The highest BCUT2D eigenvalue weighted by atomic mass is 16.5. The molecule has 3 aromatic rings. The van der Waals surface area contributed by atoms with Gasteiger partial charge in [-0.15, -0.1) is 0 Å². The summed E-state index contributed by atoms with van der Waals surface area (Å²) in [7, 11) is 0. The molecular weight excluding hydrogens is 198 g/mol. The summed E-state index contributed by atoms with van der Waals surface area (Å²) in [6.45, 7) is 2.05. The molecule has 0 radical (unpaired) electrons. The fourth-order valence-electron chi connectivity index (χ4n) is 1.85. The average Bonchev–Trinajstić information content (AvgIpc) is 2.73. The molecule has 2 nitrogen and oxygen atoms in total. The van der Waals surface area contributed by atoms with E-state index in [1.54, 1.807) is 0 Å². The number of rotatable bonds is 1. The first-order valence-corrected chi connectivity index (χ1v) is 5.26. The van der Waals surface area contributed by atoms with Crippen LogP contribution >= 0.6 is 0 Å². The number of hydrogen-bond donors (Lipinski definition) is 0. The van der Waals surface area contributed by atoms with Crippen molar-refractivity contribution in [3.05, 3.63) is 54.1 Å². The zero-order chi connectivity index (χ0) is 11.0. The standard InChI is InChI=1S/C14H11NO/c1-10-7-8-12-13(9-10)15-16-14(12)11-5-3-2-4-6-11/h2-9H,1H3. The number of aromatic nitrogens is 1. The van der Waals surface area contributed by atoms with Crippen molar-refractivity contribution in [2.75, 3.05) is 0 Å². The Kier molecular flexibility index (Phi) is 2.00. The van der Waals surface area contributed by atoms with Gasteiger partial charge in [-0.1, -0.05) is 41.6 Å². The Morgan fingerprint density at radius 3 is 2.62 bits per heavy atom. The molecule has 0 aliphatic carbocycles. The normalized spacial score (nSPS) is 10.8. The highest BCUT2D eigenvalue weighted by Crippen LogP contribution is 2.28. The van der Waals surface area contributed by atoms with Gasteiger partial charge >= 0.3 is 0 Å². The highest BCUT2D eigenvalue weighted by Gasteiger charge is 2.09. The topological polar surface area (TPSA) is 26.0 Å². The maximum Gasteiger partial charge on any atom is 0.174 e. The summed E-state index contributed by atoms with van der Waals surface area (Å²) >= 11 is 0. The molecule has 0 unspecified atom stereocenters. The van der Waals surface area contributed by atoms with Crippen LogP contribution in [0.1, 0.15) is 5.56 Å². The molecule has 0 amide bonds. The van der Waals surface area contributed by atoms with Crippen LogP contribution in [0, 0.1) is 6.92 Å². The van der Waals surface area contributed by atoms with Gasteiger partial charge < -0.3 is 4.52 Å². The molecule has 0 bridgehead atoms. The van der Waals surface area contributed by atoms with Gasteiger partial charge in [0.25, 0.3) is 0 Å². The Bertz CT molecular complexity index is 626. The summed E-state index contributed by atoms with van der Waals surface area (Å²) in [5.74, 6) is 0.843. The molecule has 16 heavy (non-hydrogen) atoms. The van der Waals surface area contributed by atoms with Crippen molar-refractivity contribution in [3.8, 4) is 11.3 Å². The van der Waals surface area contributed by atoms with E-state index < -0.39 is 0 Å². The van der Waals surface area contributed by atoms with E-state index in [-0.39, 0.29) is 0 Å². The van der Waals surface area contributed by atoms with E-state index in [9.17, 15) is 0 Å². The van der Waals surface area contributed by atoms with Gasteiger partial charge in [0.2, 0.25) is 0 Å². The average molecular weight is 209 g/mol. The van der Waals surface area contributed by atoms with Crippen LogP contribution in [0.4, 0.5) is 0 Å². The first-order chi connectivity index (χ1) is 7.84. The lowest BCUT2D eigenvalue weighted by atomic mass is 10.1. The number of aryl methyl sites for hydroxylation is 1. The van der Waals surface area contributed by atoms with Crippen LogP contribution in [-0.4, -0.2) is 5.16 Å². The molecule has 0 aliphatic rings. The van der Waals surface area contributed by atoms with Crippen LogP contribution in [0.25, 0.3) is 22.2 Å². The summed E-state index contributed by atoms with van der Waals surface area (Å²) < 4.78 is 5.41. The van der Waals surface area contributed by atoms with E-state index in [1.165, 1.54) is 5.56 Å². The molecule has 1 heterocycles. The first kappa shape index (κ1) is 9.16. The smallest absolute Gasteiger partial charge is 0.174 e. The summed E-state index contributed by atoms with van der Waals surface area (Å²) in [4.78, 5) is 0. The molecule has 0 saturated carbocycles. The van der Waals surface area contributed by atoms with Gasteiger partial charge in [0.15, 0.2) is 5.76 Å². The highest BCUT2D eigenvalue weighted by molar-refractivity contribution is 5.91. The van der Waals surface area contributed by atoms with Crippen LogP contribution in [0.2, 0.25) is 0 Å². The Morgan fingerprint density at radius 2 is 1.81 bits per heavy atom. The molecule has 0 atom stereocenters. The number of nitrogens with zero attached hydrogens (tertiary/aromatic N) is 1. The summed E-state index contributed by atoms with van der Waals surface area (Å²) in [5.41, 5.74) is 3.17. The fraction of sp³-hybridized carbons (Fsp3) is 0.0714. The monoisotopic (exact) mass is 209 g/mol. The van der Waals surface area contributed by atoms with E-state index in [1.807, 2.05) is 36.4 Å². The molecule has 0 aliphatic heterocycles. The van der Waals surface area contributed by atoms with E-state index >= 15 is 0 Å². The quantitative estimate of drug-likeness (QED) is 0.609. The predicted molar refractivity (Wildman–Crippen MR) is 64.2 cm³/mol. The third-order valence-electron chi connectivity index (χ3n) is 2.67. The van der Waals surface area contributed by atoms with E-state index in [4.69, 9.17) is 4.52 Å². The van der Waals surface area contributed by atoms with Crippen molar-refractivity contribution in [1.29, 1.82) is 0 Å². The van der Waals surface area contributed by atoms with Crippen molar-refractivity contribution in [3.63, 3.8) is 0 Å². The lowest BCUT2D eigenvalue weighted by molar-refractivity contribution is 0.441. The number of hydrogen-bond acceptors (Lipinski definition) is 2. The van der Waals surface area contributed by atoms with Crippen molar-refractivity contribution in [1.82, 2.24) is 5.16 Å². The van der Waals surface area contributed by atoms with E-state index in [0.29, 0.717) is 0 Å². The van der Waals surface area contributed by atoms with Gasteiger partial charge in [0.1, 0.15) is 5.52 Å². The molecule has 0 spiro atoms. The molecule has 78 valence electrons. The summed E-state index contributed by atoms with van der Waals surface area (Å²) in [6.07, 6.45) is 0. The summed E-state index contributed by atoms with van der Waals surface area (Å²) in [6, 6.07) is 16.2. The van der Waals surface area contributed by atoms with Crippen molar-refractivity contribution in [2.45, 2.75) is 6.92 Å². The molecule has 0 fully saturated rings. The number of benzene rings is 2. The molecule has 2 aromatic carbocycles. The Labute approximate surface area is 93.5 Å². The third-order valence-corrected chi connectivity index (χ3v) is 2.67. The lowest BCUT2D eigenvalue weighted by Crippen LogP contribution is -1.75. The minimum Gasteiger partial charge on any atom is -0.355 e. The van der Waals surface area contributed by atoms with Gasteiger partial charge in [0.05, 0.1) is 0 Å². The molecule has 0 N–H and O–H groups in total. The van der Waals surface area contributed by atoms with Crippen molar-refractivity contribution < 1.29 is 4.52 Å². The maximum absolute atomic E-state index is 5.41. The van der Waals surface area contributed by atoms with Gasteiger partial charge in [0, 0.05) is 10.9 Å². The van der Waals surface area contributed by atoms with Crippen molar-refractivity contribution >= 4 is 10.9 Å². The van der Waals surface area contributed by atoms with E-state index in [0.717, 1.165) is 22.2 Å². The Balaban J connectivity index is 2.26. The fourth-order valence-corrected chi connectivity index (χ4v) is 1.85. The molecule has 1 aromatic heterocycles. The maximum atomic E-state index is 5.41. The van der Waals surface area contributed by atoms with Crippen LogP contribution in [0.5, 0.6) is 0 Å². The van der Waals surface area contributed by atoms with Crippen LogP contribution in [-0.2, 0) is 0 Å². The van der Waals surface area contributed by atoms with Crippen LogP contribution in [0.15, 0.2) is 53.1 Å². The minimum atomic E-state index is 0.843. The molecular formula is C14H11NO. The second-order valence-corrected chi connectivity index (χ2v) is 3.90. The van der Waals surface area contributed by atoms with Crippen LogP contribution < -0.4 is 0 Å². The molecule has 0 saturated heterocycles. The van der Waals surface area contributed by atoms with Crippen molar-refractivity contribution in [2.24, 2.45) is 0 Å². The second-order valence-electron chi connectivity index (χ2n) is 3.90. The number of fused-ring (bicyclic) bond motifs is 1. The summed E-state index contributed by atoms with van der Waals surface area (Å²) in [5, 5.41) is 5.15. The van der Waals surface area contributed by atoms with Gasteiger partial charge in [-0.05, 0) is 24.6 Å². The van der Waals surface area contributed by atoms with Gasteiger partial charge in [-0.25, -0.2) is 0 Å². The van der Waals surface area contributed by atoms with E-state index in [2.05, 4.69) is 24.2 Å². The van der Waals surface area contributed by atoms with Gasteiger partial charge in [-0.3, -0.25) is 0 Å². The zero-order valence-corrected chi connectivity index (χ0v) is 8.97. The third kappa shape index (κ3) is 1.39. The van der Waals surface area contributed by atoms with Gasteiger partial charge in [-0.2, -0.15) is 0 Å². The zero-order valence-electron chi connectivity index (χ0n) is 8.97. The minimum absolute atomic E-state index is 0.843. The molecule has 3 rings (SSSR count).